The maximum atomic E-state index is 12.9. The molecule has 0 radical (unpaired) electrons. The summed E-state index contributed by atoms with van der Waals surface area (Å²) in [7, 11) is 1.65. The van der Waals surface area contributed by atoms with E-state index in [4.69, 9.17) is 4.74 Å². The van der Waals surface area contributed by atoms with Gasteiger partial charge in [-0.25, -0.2) is 4.98 Å². The number of rotatable bonds is 9. The molecule has 2 aromatic heterocycles. The van der Waals surface area contributed by atoms with Gasteiger partial charge in [-0.2, -0.15) is 0 Å². The highest BCUT2D eigenvalue weighted by Gasteiger charge is 2.23. The fourth-order valence-electron chi connectivity index (χ4n) is 2.52. The van der Waals surface area contributed by atoms with E-state index >= 15 is 0 Å². The Hall–Kier alpha value is -1.38. The molecular formula is C17H23N3O3S2. The monoisotopic (exact) mass is 381 g/mol. The second-order valence-electron chi connectivity index (χ2n) is 6.11. The average molecular weight is 382 g/mol. The number of aryl methyl sites for hydroxylation is 1. The van der Waals surface area contributed by atoms with Gasteiger partial charge in [0.1, 0.15) is 4.83 Å². The summed E-state index contributed by atoms with van der Waals surface area (Å²) in [4.78, 5) is 31.4. The van der Waals surface area contributed by atoms with Gasteiger partial charge in [0.05, 0.1) is 11.1 Å². The highest BCUT2D eigenvalue weighted by atomic mass is 32.2. The van der Waals surface area contributed by atoms with Crippen LogP contribution in [0.3, 0.4) is 0 Å². The summed E-state index contributed by atoms with van der Waals surface area (Å²) in [6.07, 6.45) is 3.75. The fourth-order valence-corrected chi connectivity index (χ4v) is 4.37. The lowest BCUT2D eigenvalue weighted by Gasteiger charge is -2.11. The Morgan fingerprint density at radius 1 is 1.52 bits per heavy atom. The van der Waals surface area contributed by atoms with Crippen LogP contribution in [0.5, 0.6) is 0 Å². The molecule has 0 bridgehead atoms. The SMILES string of the molecule is CCc1cc2c(=O)n(CCCOC)c(SCC(=O)NC3CC3)nc2s1. The van der Waals surface area contributed by atoms with Crippen molar-refractivity contribution in [1.82, 2.24) is 14.9 Å². The van der Waals surface area contributed by atoms with Gasteiger partial charge in [0.25, 0.3) is 5.56 Å². The van der Waals surface area contributed by atoms with Gasteiger partial charge >= 0.3 is 0 Å². The van der Waals surface area contributed by atoms with Crippen LogP contribution in [0, 0.1) is 0 Å². The van der Waals surface area contributed by atoms with Gasteiger partial charge in [-0.3, -0.25) is 14.2 Å². The number of carbonyl (C=O) groups excluding carboxylic acids is 1. The van der Waals surface area contributed by atoms with E-state index in [9.17, 15) is 9.59 Å². The van der Waals surface area contributed by atoms with E-state index in [2.05, 4.69) is 17.2 Å². The molecule has 136 valence electrons. The molecule has 0 unspecified atom stereocenters. The van der Waals surface area contributed by atoms with E-state index in [1.807, 2.05) is 6.07 Å². The largest absolute Gasteiger partial charge is 0.385 e. The van der Waals surface area contributed by atoms with E-state index in [1.54, 1.807) is 23.0 Å². The van der Waals surface area contributed by atoms with Crippen molar-refractivity contribution < 1.29 is 9.53 Å². The van der Waals surface area contributed by atoms with E-state index in [0.29, 0.717) is 29.7 Å². The Bertz CT molecular complexity index is 811. The van der Waals surface area contributed by atoms with Crippen molar-refractivity contribution in [1.29, 1.82) is 0 Å². The minimum absolute atomic E-state index is 0.00529. The zero-order valence-electron chi connectivity index (χ0n) is 14.5. The van der Waals surface area contributed by atoms with Gasteiger partial charge in [-0.15, -0.1) is 11.3 Å². The highest BCUT2D eigenvalue weighted by molar-refractivity contribution is 7.99. The van der Waals surface area contributed by atoms with Crippen molar-refractivity contribution in [2.45, 2.75) is 50.4 Å². The van der Waals surface area contributed by atoms with Crippen LogP contribution in [0.25, 0.3) is 10.2 Å². The average Bonchev–Trinajstić information content (AvgIpc) is 3.31. The number of ether oxygens (including phenoxy) is 1. The summed E-state index contributed by atoms with van der Waals surface area (Å²) in [5, 5.41) is 4.26. The number of thiophene rings is 1. The molecule has 0 saturated heterocycles. The van der Waals surface area contributed by atoms with Crippen LogP contribution in [-0.4, -0.2) is 41.0 Å². The van der Waals surface area contributed by atoms with Gasteiger partial charge in [-0.05, 0) is 31.7 Å². The standard InChI is InChI=1S/C17H23N3O3S2/c1-3-12-9-13-15(25-12)19-17(20(16(13)22)7-4-8-23-2)24-10-14(21)18-11-5-6-11/h9,11H,3-8,10H2,1-2H3,(H,18,21). The quantitative estimate of drug-likeness (QED) is 0.410. The van der Waals surface area contributed by atoms with E-state index in [0.717, 1.165) is 35.4 Å². The van der Waals surface area contributed by atoms with Gasteiger partial charge in [0, 0.05) is 31.2 Å². The molecule has 6 nitrogen and oxygen atoms in total. The summed E-state index contributed by atoms with van der Waals surface area (Å²) in [5.41, 5.74) is -0.0258. The number of aromatic nitrogens is 2. The van der Waals surface area contributed by atoms with Crippen molar-refractivity contribution in [2.75, 3.05) is 19.5 Å². The van der Waals surface area contributed by atoms with Gasteiger partial charge in [0.15, 0.2) is 5.16 Å². The number of amides is 1. The molecule has 1 fully saturated rings. The number of nitrogens with one attached hydrogen (secondary N) is 1. The fraction of sp³-hybridized carbons (Fsp3) is 0.588. The zero-order valence-corrected chi connectivity index (χ0v) is 16.2. The zero-order chi connectivity index (χ0) is 17.8. The molecule has 2 heterocycles. The van der Waals surface area contributed by atoms with Crippen molar-refractivity contribution in [3.8, 4) is 0 Å². The third-order valence-electron chi connectivity index (χ3n) is 4.02. The summed E-state index contributed by atoms with van der Waals surface area (Å²) in [6, 6.07) is 2.29. The predicted molar refractivity (Wildman–Crippen MR) is 102 cm³/mol. The third kappa shape index (κ3) is 4.62. The van der Waals surface area contributed by atoms with Gasteiger partial charge < -0.3 is 10.1 Å². The first-order chi connectivity index (χ1) is 12.1. The maximum absolute atomic E-state index is 12.9. The molecule has 1 aliphatic rings. The first-order valence-corrected chi connectivity index (χ1v) is 10.4. The van der Waals surface area contributed by atoms with Crippen molar-refractivity contribution in [3.05, 3.63) is 21.3 Å². The van der Waals surface area contributed by atoms with Crippen LogP contribution in [0.2, 0.25) is 0 Å². The van der Waals surface area contributed by atoms with Crippen LogP contribution in [0.15, 0.2) is 16.0 Å². The van der Waals surface area contributed by atoms with Crippen molar-refractivity contribution in [3.63, 3.8) is 0 Å². The summed E-state index contributed by atoms with van der Waals surface area (Å²) in [5.74, 6) is 0.288. The minimum atomic E-state index is -0.0258. The van der Waals surface area contributed by atoms with Crippen molar-refractivity contribution >= 4 is 39.2 Å². The van der Waals surface area contributed by atoms with Crippen LogP contribution in [0.4, 0.5) is 0 Å². The molecule has 2 aromatic rings. The first kappa shape index (κ1) is 18.4. The molecule has 0 aromatic carbocycles. The van der Waals surface area contributed by atoms with Crippen LogP contribution in [-0.2, 0) is 22.5 Å². The number of hydrogen-bond donors (Lipinski definition) is 1. The predicted octanol–water partition coefficient (Wildman–Crippen LogP) is 2.43. The molecule has 1 aliphatic carbocycles. The molecule has 25 heavy (non-hydrogen) atoms. The molecule has 1 N–H and O–H groups in total. The summed E-state index contributed by atoms with van der Waals surface area (Å²) in [6.45, 7) is 3.19. The third-order valence-corrected chi connectivity index (χ3v) is 6.17. The van der Waals surface area contributed by atoms with Gasteiger partial charge in [0.2, 0.25) is 5.91 Å². The molecule has 0 aliphatic heterocycles. The Kier molecular flexibility index (Phi) is 6.14. The molecule has 1 saturated carbocycles. The van der Waals surface area contributed by atoms with E-state index in [-0.39, 0.29) is 17.2 Å². The lowest BCUT2D eigenvalue weighted by Crippen LogP contribution is -2.28. The Morgan fingerprint density at radius 3 is 3.00 bits per heavy atom. The number of methoxy groups -OCH3 is 1. The molecule has 3 rings (SSSR count). The number of hydrogen-bond acceptors (Lipinski definition) is 6. The number of carbonyl (C=O) groups is 1. The minimum Gasteiger partial charge on any atom is -0.385 e. The van der Waals surface area contributed by atoms with Crippen LogP contribution in [0.1, 0.15) is 31.1 Å². The summed E-state index contributed by atoms with van der Waals surface area (Å²) >= 11 is 2.89. The van der Waals surface area contributed by atoms with E-state index in [1.165, 1.54) is 11.8 Å². The summed E-state index contributed by atoms with van der Waals surface area (Å²) < 4.78 is 6.78. The molecule has 0 atom stereocenters. The smallest absolute Gasteiger partial charge is 0.262 e. The number of nitrogens with zero attached hydrogens (tertiary/aromatic N) is 2. The molecule has 0 spiro atoms. The lowest BCUT2D eigenvalue weighted by atomic mass is 10.3. The Labute approximate surface area is 155 Å². The highest BCUT2D eigenvalue weighted by Crippen LogP contribution is 2.25. The topological polar surface area (TPSA) is 73.2 Å². The van der Waals surface area contributed by atoms with E-state index < -0.39 is 0 Å². The first-order valence-electron chi connectivity index (χ1n) is 8.56. The molecule has 1 amide bonds. The molecular weight excluding hydrogens is 358 g/mol. The second kappa shape index (κ2) is 8.33. The van der Waals surface area contributed by atoms with Crippen LogP contribution >= 0.6 is 23.1 Å². The van der Waals surface area contributed by atoms with Gasteiger partial charge in [-0.1, -0.05) is 18.7 Å². The van der Waals surface area contributed by atoms with Crippen molar-refractivity contribution in [2.24, 2.45) is 0 Å². The number of fused-ring (bicyclic) bond motifs is 1. The maximum Gasteiger partial charge on any atom is 0.262 e. The lowest BCUT2D eigenvalue weighted by molar-refractivity contribution is -0.118. The van der Waals surface area contributed by atoms with Crippen LogP contribution < -0.4 is 10.9 Å². The number of thioether (sulfide) groups is 1. The normalized spacial score (nSPS) is 14.2. The molecule has 8 heteroatoms. The Morgan fingerprint density at radius 2 is 2.32 bits per heavy atom. The Balaban J connectivity index is 1.85. The second-order valence-corrected chi connectivity index (χ2v) is 8.17.